The molecule has 0 bridgehead atoms. The van der Waals surface area contributed by atoms with Gasteiger partial charge in [0.05, 0.1) is 0 Å². The third-order valence-corrected chi connectivity index (χ3v) is 1.70. The number of halogens is 2. The van der Waals surface area contributed by atoms with E-state index in [4.69, 9.17) is 10.8 Å². The van der Waals surface area contributed by atoms with Gasteiger partial charge in [-0.2, -0.15) is 0 Å². The lowest BCUT2D eigenvalue weighted by atomic mass is 10.1. The van der Waals surface area contributed by atoms with Crippen LogP contribution in [0.3, 0.4) is 0 Å². The number of nitrogens with one attached hydrogen (secondary N) is 1. The molecule has 0 fully saturated rings. The van der Waals surface area contributed by atoms with Gasteiger partial charge in [0.1, 0.15) is 6.04 Å². The van der Waals surface area contributed by atoms with Crippen molar-refractivity contribution in [2.24, 2.45) is 5.73 Å². The minimum atomic E-state index is -0.770. The Labute approximate surface area is 97.4 Å². The van der Waals surface area contributed by atoms with Gasteiger partial charge in [-0.15, -0.1) is 24.8 Å². The van der Waals surface area contributed by atoms with Crippen LogP contribution < -0.4 is 11.1 Å². The van der Waals surface area contributed by atoms with Crippen LogP contribution in [0.15, 0.2) is 0 Å². The summed E-state index contributed by atoms with van der Waals surface area (Å²) < 4.78 is 0. The van der Waals surface area contributed by atoms with E-state index in [1.807, 2.05) is 6.92 Å². The molecule has 0 aromatic carbocycles. The Morgan fingerprint density at radius 1 is 1.43 bits per heavy atom. The van der Waals surface area contributed by atoms with Crippen LogP contribution in [0.2, 0.25) is 0 Å². The topological polar surface area (TPSA) is 75.3 Å². The quantitative estimate of drug-likeness (QED) is 0.587. The minimum Gasteiger partial charge on any atom is -0.480 e. The number of carboxylic acids is 1. The number of hydrogen-bond donors (Lipinski definition) is 3. The van der Waals surface area contributed by atoms with Gasteiger partial charge in [0.2, 0.25) is 0 Å². The molecule has 88 valence electrons. The molecule has 0 aliphatic carbocycles. The Kier molecular flexibility index (Phi) is 18.1. The average Bonchev–Trinajstić information content (AvgIpc) is 2.03. The fourth-order valence-corrected chi connectivity index (χ4v) is 1.05. The molecule has 4 N–H and O–H groups in total. The molecule has 0 aromatic heterocycles. The van der Waals surface area contributed by atoms with Crippen molar-refractivity contribution < 1.29 is 9.90 Å². The van der Waals surface area contributed by atoms with Crippen molar-refractivity contribution in [1.29, 1.82) is 0 Å². The van der Waals surface area contributed by atoms with E-state index in [9.17, 15) is 4.79 Å². The summed E-state index contributed by atoms with van der Waals surface area (Å²) in [7, 11) is 0. The fourth-order valence-electron chi connectivity index (χ4n) is 1.05. The molecule has 0 saturated carbocycles. The summed E-state index contributed by atoms with van der Waals surface area (Å²) in [5, 5.41) is 11.6. The lowest BCUT2D eigenvalue weighted by molar-refractivity contribution is -0.139. The van der Waals surface area contributed by atoms with Crippen LogP contribution in [-0.4, -0.2) is 30.2 Å². The Morgan fingerprint density at radius 2 is 2.00 bits per heavy atom. The second-order valence-electron chi connectivity index (χ2n) is 2.73. The molecule has 0 rings (SSSR count). The highest BCUT2D eigenvalue weighted by Crippen LogP contribution is 1.99. The molecule has 0 saturated heterocycles. The zero-order valence-corrected chi connectivity index (χ0v) is 10.00. The predicted molar refractivity (Wildman–Crippen MR) is 62.5 cm³/mol. The second-order valence-corrected chi connectivity index (χ2v) is 2.73. The standard InChI is InChI=1S/C8H18N2O2.2ClH/c1-2-10-7(8(11)12)5-3-4-6-9;;/h7,10H,2-6,9H2,1H3,(H,11,12);2*1H/t7-;;/m0../s1. The van der Waals surface area contributed by atoms with E-state index < -0.39 is 12.0 Å². The number of likely N-dealkylation sites (N-methyl/N-ethyl adjacent to an activating group) is 1. The Hall–Kier alpha value is -0.0300. The highest BCUT2D eigenvalue weighted by molar-refractivity contribution is 5.85. The van der Waals surface area contributed by atoms with E-state index in [0.29, 0.717) is 19.5 Å². The molecular weight excluding hydrogens is 227 g/mol. The summed E-state index contributed by atoms with van der Waals surface area (Å²) in [5.41, 5.74) is 5.30. The molecule has 0 aromatic rings. The van der Waals surface area contributed by atoms with E-state index in [2.05, 4.69) is 5.32 Å². The Balaban J connectivity index is -0.000000605. The largest absolute Gasteiger partial charge is 0.480 e. The molecule has 1 atom stereocenters. The predicted octanol–water partition coefficient (Wildman–Crippen LogP) is 1.02. The van der Waals surface area contributed by atoms with E-state index in [0.717, 1.165) is 12.8 Å². The van der Waals surface area contributed by atoms with Gasteiger partial charge in [-0.05, 0) is 25.9 Å². The van der Waals surface area contributed by atoms with Crippen LogP contribution in [-0.2, 0) is 4.79 Å². The zero-order chi connectivity index (χ0) is 9.40. The highest BCUT2D eigenvalue weighted by Gasteiger charge is 2.14. The summed E-state index contributed by atoms with van der Waals surface area (Å²) in [6.45, 7) is 3.23. The van der Waals surface area contributed by atoms with Gasteiger partial charge in [0, 0.05) is 0 Å². The molecule has 0 heterocycles. The molecule has 14 heavy (non-hydrogen) atoms. The first kappa shape index (κ1) is 19.5. The lowest BCUT2D eigenvalue weighted by Gasteiger charge is -2.11. The number of hydrogen-bond acceptors (Lipinski definition) is 3. The monoisotopic (exact) mass is 246 g/mol. The molecule has 0 aliphatic heterocycles. The Morgan fingerprint density at radius 3 is 2.36 bits per heavy atom. The number of aliphatic carboxylic acids is 1. The summed E-state index contributed by atoms with van der Waals surface area (Å²) >= 11 is 0. The normalized spacial score (nSPS) is 11.0. The minimum absolute atomic E-state index is 0. The summed E-state index contributed by atoms with van der Waals surface area (Å²) in [6.07, 6.45) is 2.44. The average molecular weight is 247 g/mol. The van der Waals surface area contributed by atoms with E-state index in [-0.39, 0.29) is 24.8 Å². The van der Waals surface area contributed by atoms with Crippen molar-refractivity contribution in [3.8, 4) is 0 Å². The van der Waals surface area contributed by atoms with Crippen LogP contribution in [0.25, 0.3) is 0 Å². The second kappa shape index (κ2) is 13.0. The molecule has 0 aliphatic rings. The maximum Gasteiger partial charge on any atom is 0.320 e. The number of unbranched alkanes of at least 4 members (excludes halogenated alkanes) is 1. The number of carboxylic acid groups (broad SMARTS) is 1. The van der Waals surface area contributed by atoms with E-state index in [1.54, 1.807) is 0 Å². The van der Waals surface area contributed by atoms with Crippen molar-refractivity contribution in [3.05, 3.63) is 0 Å². The van der Waals surface area contributed by atoms with E-state index in [1.165, 1.54) is 0 Å². The van der Waals surface area contributed by atoms with Crippen molar-refractivity contribution in [2.75, 3.05) is 13.1 Å². The number of carbonyl (C=O) groups is 1. The van der Waals surface area contributed by atoms with Crippen molar-refractivity contribution in [3.63, 3.8) is 0 Å². The van der Waals surface area contributed by atoms with Crippen LogP contribution in [0, 0.1) is 0 Å². The van der Waals surface area contributed by atoms with Gasteiger partial charge in [0.15, 0.2) is 0 Å². The smallest absolute Gasteiger partial charge is 0.320 e. The summed E-state index contributed by atoms with van der Waals surface area (Å²) in [5.74, 6) is -0.770. The molecule has 4 nitrogen and oxygen atoms in total. The lowest BCUT2D eigenvalue weighted by Crippen LogP contribution is -2.36. The number of nitrogens with two attached hydrogens (primary N) is 1. The molecule has 0 spiro atoms. The fraction of sp³-hybridized carbons (Fsp3) is 0.875. The molecule has 0 radical (unpaired) electrons. The van der Waals surface area contributed by atoms with Crippen molar-refractivity contribution in [2.45, 2.75) is 32.2 Å². The Bertz CT molecular complexity index is 137. The molecule has 0 unspecified atom stereocenters. The first-order valence-corrected chi connectivity index (χ1v) is 4.38. The van der Waals surface area contributed by atoms with Gasteiger partial charge in [-0.1, -0.05) is 13.3 Å². The maximum absolute atomic E-state index is 10.6. The third-order valence-electron chi connectivity index (χ3n) is 1.70. The van der Waals surface area contributed by atoms with Gasteiger partial charge >= 0.3 is 5.97 Å². The van der Waals surface area contributed by atoms with Gasteiger partial charge < -0.3 is 16.2 Å². The van der Waals surface area contributed by atoms with Crippen molar-refractivity contribution >= 4 is 30.8 Å². The van der Waals surface area contributed by atoms with Crippen LogP contribution in [0.5, 0.6) is 0 Å². The summed E-state index contributed by atoms with van der Waals surface area (Å²) in [6, 6.07) is -0.401. The molecule has 6 heteroatoms. The van der Waals surface area contributed by atoms with Crippen LogP contribution >= 0.6 is 24.8 Å². The van der Waals surface area contributed by atoms with Crippen LogP contribution in [0.4, 0.5) is 0 Å². The molecular formula is C8H20Cl2N2O2. The van der Waals surface area contributed by atoms with Crippen molar-refractivity contribution in [1.82, 2.24) is 5.32 Å². The maximum atomic E-state index is 10.6. The first-order valence-electron chi connectivity index (χ1n) is 4.38. The zero-order valence-electron chi connectivity index (χ0n) is 8.36. The van der Waals surface area contributed by atoms with Crippen LogP contribution in [0.1, 0.15) is 26.2 Å². The third kappa shape index (κ3) is 10.1. The molecule has 0 amide bonds. The van der Waals surface area contributed by atoms with E-state index >= 15 is 0 Å². The highest BCUT2D eigenvalue weighted by atomic mass is 35.5. The van der Waals surface area contributed by atoms with Gasteiger partial charge in [0.25, 0.3) is 0 Å². The summed E-state index contributed by atoms with van der Waals surface area (Å²) in [4.78, 5) is 10.6. The SMILES string of the molecule is CCN[C@@H](CCCCN)C(=O)O.Cl.Cl. The van der Waals surface area contributed by atoms with Gasteiger partial charge in [-0.3, -0.25) is 4.79 Å². The van der Waals surface area contributed by atoms with Gasteiger partial charge in [-0.25, -0.2) is 0 Å². The first-order chi connectivity index (χ1) is 5.72. The number of rotatable bonds is 7.